The number of fused-ring (bicyclic) bond motifs is 1. The van der Waals surface area contributed by atoms with E-state index in [-0.39, 0.29) is 5.91 Å². The van der Waals surface area contributed by atoms with Crippen molar-refractivity contribution in [1.29, 1.82) is 0 Å². The smallest absolute Gasteiger partial charge is 0.269 e. The molecule has 0 N–H and O–H groups in total. The Balaban J connectivity index is 1.99. The van der Waals surface area contributed by atoms with Crippen LogP contribution in [-0.4, -0.2) is 12.1 Å². The Kier molecular flexibility index (Phi) is 3.11. The second-order valence-corrected chi connectivity index (χ2v) is 4.51. The molecule has 0 unspecified atom stereocenters. The third-order valence-electron chi connectivity index (χ3n) is 3.20. The zero-order valence-electron chi connectivity index (χ0n) is 10.5. The molecule has 2 aromatic rings. The normalized spacial score (nSPS) is 14.1. The number of amides is 1. The number of carbonyl (C=O) groups excluding carboxylic acids is 1. The summed E-state index contributed by atoms with van der Waals surface area (Å²) in [5, 5.41) is 0. The number of carbonyl (C=O) groups is 1. The Bertz CT molecular complexity index is 620. The van der Waals surface area contributed by atoms with Crippen molar-refractivity contribution in [2.45, 2.75) is 13.1 Å². The first-order valence-electron chi connectivity index (χ1n) is 6.28. The van der Waals surface area contributed by atoms with E-state index < -0.39 is 0 Å². The minimum absolute atomic E-state index is 0.0613. The molecule has 0 radical (unpaired) electrons. The monoisotopic (exact) mass is 250 g/mol. The van der Waals surface area contributed by atoms with Gasteiger partial charge in [0.25, 0.3) is 5.91 Å². The molecule has 94 valence electrons. The summed E-state index contributed by atoms with van der Waals surface area (Å²) in [5.74, 6) is -0.0613. The number of hydrogen-bond donors (Lipinski definition) is 0. The fourth-order valence-electron chi connectivity index (χ4n) is 2.25. The van der Waals surface area contributed by atoms with E-state index in [9.17, 15) is 4.79 Å². The highest BCUT2D eigenvalue weighted by Crippen LogP contribution is 2.24. The van der Waals surface area contributed by atoms with Crippen molar-refractivity contribution in [3.63, 3.8) is 0 Å². The maximum Gasteiger partial charge on any atom is 0.269 e. The third-order valence-corrected chi connectivity index (χ3v) is 3.20. The maximum absolute atomic E-state index is 12.2. The molecular formula is C16H14N2O. The van der Waals surface area contributed by atoms with Crippen LogP contribution in [0.4, 0.5) is 5.69 Å². The summed E-state index contributed by atoms with van der Waals surface area (Å²) in [5.41, 5.74) is 3.15. The van der Waals surface area contributed by atoms with Crippen LogP contribution in [0.15, 0.2) is 59.6 Å². The number of hydrogen-bond acceptors (Lipinski definition) is 2. The van der Waals surface area contributed by atoms with Crippen molar-refractivity contribution in [1.82, 2.24) is 0 Å². The number of benzene rings is 2. The van der Waals surface area contributed by atoms with E-state index >= 15 is 0 Å². The highest BCUT2D eigenvalue weighted by atomic mass is 16.2. The molecule has 2 aromatic carbocycles. The third kappa shape index (κ3) is 2.40. The fraction of sp³-hybridized carbons (Fsp3) is 0.125. The van der Waals surface area contributed by atoms with Gasteiger partial charge in [-0.1, -0.05) is 48.5 Å². The van der Waals surface area contributed by atoms with E-state index in [4.69, 9.17) is 0 Å². The van der Waals surface area contributed by atoms with Crippen molar-refractivity contribution >= 4 is 17.8 Å². The van der Waals surface area contributed by atoms with E-state index in [1.165, 1.54) is 6.21 Å². The summed E-state index contributed by atoms with van der Waals surface area (Å²) >= 11 is 0. The standard InChI is InChI=1S/C16H14N2O/c19-16-11-17-10-14-8-4-5-9-15(14)18(16)12-13-6-2-1-3-7-13/h1-9,11H,10,12H2. The quantitative estimate of drug-likeness (QED) is 0.806. The van der Waals surface area contributed by atoms with E-state index in [2.05, 4.69) is 4.99 Å². The van der Waals surface area contributed by atoms with Gasteiger partial charge in [-0.25, -0.2) is 0 Å². The van der Waals surface area contributed by atoms with Gasteiger partial charge in [0.15, 0.2) is 0 Å². The van der Waals surface area contributed by atoms with Crippen molar-refractivity contribution in [3.05, 3.63) is 65.7 Å². The summed E-state index contributed by atoms with van der Waals surface area (Å²) in [4.78, 5) is 18.1. The highest BCUT2D eigenvalue weighted by molar-refractivity contribution is 6.33. The summed E-state index contributed by atoms with van der Waals surface area (Å²) < 4.78 is 0. The largest absolute Gasteiger partial charge is 0.303 e. The highest BCUT2D eigenvalue weighted by Gasteiger charge is 2.19. The number of rotatable bonds is 2. The van der Waals surface area contributed by atoms with Gasteiger partial charge >= 0.3 is 0 Å². The van der Waals surface area contributed by atoms with Crippen LogP contribution >= 0.6 is 0 Å². The Morgan fingerprint density at radius 2 is 1.74 bits per heavy atom. The predicted octanol–water partition coefficient (Wildman–Crippen LogP) is 2.80. The summed E-state index contributed by atoms with van der Waals surface area (Å²) in [6.07, 6.45) is 1.42. The van der Waals surface area contributed by atoms with E-state index in [0.717, 1.165) is 16.8 Å². The van der Waals surface area contributed by atoms with Gasteiger partial charge in [-0.05, 0) is 17.2 Å². The molecule has 0 atom stereocenters. The van der Waals surface area contributed by atoms with Crippen LogP contribution in [-0.2, 0) is 17.9 Å². The van der Waals surface area contributed by atoms with Crippen LogP contribution in [0.25, 0.3) is 0 Å². The summed E-state index contributed by atoms with van der Waals surface area (Å²) in [7, 11) is 0. The lowest BCUT2D eigenvalue weighted by molar-refractivity contribution is -0.112. The zero-order valence-corrected chi connectivity index (χ0v) is 10.5. The molecule has 0 saturated heterocycles. The first-order chi connectivity index (χ1) is 9.34. The van der Waals surface area contributed by atoms with Crippen molar-refractivity contribution in [2.24, 2.45) is 4.99 Å². The van der Waals surface area contributed by atoms with E-state index in [1.807, 2.05) is 54.6 Å². The lowest BCUT2D eigenvalue weighted by Crippen LogP contribution is -2.30. The van der Waals surface area contributed by atoms with Gasteiger partial charge in [0.2, 0.25) is 0 Å². The minimum Gasteiger partial charge on any atom is -0.303 e. The van der Waals surface area contributed by atoms with Crippen molar-refractivity contribution < 1.29 is 4.79 Å². The Morgan fingerprint density at radius 3 is 2.58 bits per heavy atom. The van der Waals surface area contributed by atoms with Crippen LogP contribution in [0.5, 0.6) is 0 Å². The molecule has 1 heterocycles. The Morgan fingerprint density at radius 1 is 1.00 bits per heavy atom. The molecule has 3 heteroatoms. The van der Waals surface area contributed by atoms with E-state index in [0.29, 0.717) is 13.1 Å². The van der Waals surface area contributed by atoms with Crippen LogP contribution in [0.2, 0.25) is 0 Å². The SMILES string of the molecule is O=C1C=NCc2ccccc2N1Cc1ccccc1. The van der Waals surface area contributed by atoms with Crippen molar-refractivity contribution in [3.8, 4) is 0 Å². The molecule has 1 aliphatic heterocycles. The number of anilines is 1. The first kappa shape index (κ1) is 11.7. The van der Waals surface area contributed by atoms with Gasteiger partial charge in [-0.15, -0.1) is 0 Å². The van der Waals surface area contributed by atoms with Crippen LogP contribution < -0.4 is 4.90 Å². The minimum atomic E-state index is -0.0613. The maximum atomic E-state index is 12.2. The molecule has 19 heavy (non-hydrogen) atoms. The molecule has 1 aliphatic rings. The van der Waals surface area contributed by atoms with Gasteiger partial charge in [-0.2, -0.15) is 0 Å². The van der Waals surface area contributed by atoms with E-state index in [1.54, 1.807) is 4.90 Å². The molecule has 3 rings (SSSR count). The van der Waals surface area contributed by atoms with Crippen molar-refractivity contribution in [2.75, 3.05) is 4.90 Å². The first-order valence-corrected chi connectivity index (χ1v) is 6.28. The van der Waals surface area contributed by atoms with Gasteiger partial charge in [-0.3, -0.25) is 9.79 Å². The molecule has 0 aromatic heterocycles. The second kappa shape index (κ2) is 5.06. The number of para-hydroxylation sites is 1. The molecular weight excluding hydrogens is 236 g/mol. The molecule has 1 amide bonds. The average Bonchev–Trinajstić information content (AvgIpc) is 2.61. The van der Waals surface area contributed by atoms with Gasteiger partial charge < -0.3 is 4.90 Å². The predicted molar refractivity (Wildman–Crippen MR) is 76.3 cm³/mol. The number of aliphatic imine (C=N–C) groups is 1. The number of nitrogens with zero attached hydrogens (tertiary/aromatic N) is 2. The zero-order chi connectivity index (χ0) is 13.1. The van der Waals surface area contributed by atoms with Crippen LogP contribution in [0.3, 0.4) is 0 Å². The second-order valence-electron chi connectivity index (χ2n) is 4.51. The Labute approximate surface area is 112 Å². The van der Waals surface area contributed by atoms with Crippen LogP contribution in [0, 0.1) is 0 Å². The van der Waals surface area contributed by atoms with Gasteiger partial charge in [0.05, 0.1) is 19.3 Å². The molecule has 3 nitrogen and oxygen atoms in total. The lowest BCUT2D eigenvalue weighted by Gasteiger charge is -2.22. The molecule has 0 saturated carbocycles. The van der Waals surface area contributed by atoms with Gasteiger partial charge in [0, 0.05) is 5.69 Å². The average molecular weight is 250 g/mol. The Hall–Kier alpha value is -2.42. The van der Waals surface area contributed by atoms with Crippen LogP contribution in [0.1, 0.15) is 11.1 Å². The summed E-state index contributed by atoms with van der Waals surface area (Å²) in [6, 6.07) is 17.9. The molecule has 0 fully saturated rings. The molecule has 0 aliphatic carbocycles. The fourth-order valence-corrected chi connectivity index (χ4v) is 2.25. The molecule has 0 bridgehead atoms. The lowest BCUT2D eigenvalue weighted by atomic mass is 10.1. The molecule has 0 spiro atoms. The summed E-state index contributed by atoms with van der Waals surface area (Å²) in [6.45, 7) is 1.13. The van der Waals surface area contributed by atoms with Gasteiger partial charge in [0.1, 0.15) is 0 Å². The topological polar surface area (TPSA) is 32.7 Å².